The fourth-order valence-electron chi connectivity index (χ4n) is 1.50. The largest absolute Gasteiger partial charge is 0.184 e. The van der Waals surface area contributed by atoms with Crippen LogP contribution in [-0.2, 0) is 0 Å². The van der Waals surface area contributed by atoms with Crippen LogP contribution in [0.5, 0.6) is 0 Å². The molecule has 0 amide bonds. The molecule has 2 heteroatoms. The molecule has 0 saturated carbocycles. The molecule has 2 rings (SSSR count). The number of benzene rings is 1. The molecule has 1 aromatic carbocycles. The number of azo groups is 1. The fraction of sp³-hybridized carbons (Fsp3) is 0.333. The smallest absolute Gasteiger partial charge is 0.0904 e. The minimum atomic E-state index is 0.586. The first-order chi connectivity index (χ1) is 6.77. The first-order valence-electron chi connectivity index (χ1n) is 4.95. The molecule has 1 aliphatic rings. The summed E-state index contributed by atoms with van der Waals surface area (Å²) in [6.07, 6.45) is 2.05. The molecule has 0 unspecified atom stereocenters. The Morgan fingerprint density at radius 2 is 1.86 bits per heavy atom. The van der Waals surface area contributed by atoms with Crippen LogP contribution in [0.1, 0.15) is 30.9 Å². The van der Waals surface area contributed by atoms with Crippen molar-refractivity contribution < 1.29 is 0 Å². The Morgan fingerprint density at radius 3 is 2.36 bits per heavy atom. The average molecular weight is 186 g/mol. The van der Waals surface area contributed by atoms with E-state index in [1.165, 1.54) is 5.56 Å². The molecular weight excluding hydrogens is 172 g/mol. The zero-order valence-electron chi connectivity index (χ0n) is 8.57. The van der Waals surface area contributed by atoms with Gasteiger partial charge in [-0.05, 0) is 17.6 Å². The average Bonchev–Trinajstić information content (AvgIpc) is 2.71. The Hall–Kier alpha value is -1.44. The molecule has 1 heterocycles. The maximum Gasteiger partial charge on any atom is 0.0904 e. The molecule has 0 aliphatic carbocycles. The molecule has 0 bridgehead atoms. The summed E-state index contributed by atoms with van der Waals surface area (Å²) in [6.45, 7) is 5.12. The lowest BCUT2D eigenvalue weighted by Gasteiger charge is -2.05. The van der Waals surface area contributed by atoms with Gasteiger partial charge in [-0.1, -0.05) is 38.1 Å². The molecule has 2 nitrogen and oxygen atoms in total. The lowest BCUT2D eigenvalue weighted by atomic mass is 10.0. The number of hydrogen-bond donors (Lipinski definition) is 0. The Kier molecular flexibility index (Phi) is 2.44. The molecule has 1 aromatic rings. The van der Waals surface area contributed by atoms with Gasteiger partial charge in [0.15, 0.2) is 0 Å². The van der Waals surface area contributed by atoms with E-state index < -0.39 is 0 Å². The third-order valence-electron chi connectivity index (χ3n) is 2.42. The summed E-state index contributed by atoms with van der Waals surface area (Å²) in [7, 11) is 0. The minimum Gasteiger partial charge on any atom is -0.184 e. The highest BCUT2D eigenvalue weighted by Crippen LogP contribution is 2.22. The third-order valence-corrected chi connectivity index (χ3v) is 2.42. The number of rotatable bonds is 2. The van der Waals surface area contributed by atoms with Crippen LogP contribution in [0, 0.1) is 0 Å². The van der Waals surface area contributed by atoms with Gasteiger partial charge >= 0.3 is 0 Å². The second-order valence-corrected chi connectivity index (χ2v) is 3.79. The molecule has 0 fully saturated rings. The second-order valence-electron chi connectivity index (χ2n) is 3.79. The van der Waals surface area contributed by atoms with Crippen LogP contribution < -0.4 is 0 Å². The summed E-state index contributed by atoms with van der Waals surface area (Å²) in [6, 6.07) is 8.56. The van der Waals surface area contributed by atoms with Crippen LogP contribution in [0.15, 0.2) is 40.6 Å². The molecule has 1 aliphatic heterocycles. The highest BCUT2D eigenvalue weighted by Gasteiger charge is 2.04. The van der Waals surface area contributed by atoms with Crippen molar-refractivity contribution in [3.05, 3.63) is 41.5 Å². The lowest BCUT2D eigenvalue weighted by Crippen LogP contribution is -1.87. The van der Waals surface area contributed by atoms with E-state index in [2.05, 4.69) is 48.3 Å². The Bertz CT molecular complexity index is 372. The van der Waals surface area contributed by atoms with Gasteiger partial charge < -0.3 is 0 Å². The van der Waals surface area contributed by atoms with Crippen LogP contribution in [0.2, 0.25) is 0 Å². The molecule has 72 valence electrons. The topological polar surface area (TPSA) is 24.7 Å². The third kappa shape index (κ3) is 1.74. The van der Waals surface area contributed by atoms with Crippen molar-refractivity contribution in [3.63, 3.8) is 0 Å². The fourth-order valence-corrected chi connectivity index (χ4v) is 1.50. The summed E-state index contributed by atoms with van der Waals surface area (Å²) < 4.78 is 0. The molecule has 14 heavy (non-hydrogen) atoms. The Labute approximate surface area is 84.4 Å². The van der Waals surface area contributed by atoms with E-state index >= 15 is 0 Å². The van der Waals surface area contributed by atoms with Crippen molar-refractivity contribution in [3.8, 4) is 0 Å². The number of nitrogens with zero attached hydrogens (tertiary/aromatic N) is 2. The zero-order valence-corrected chi connectivity index (χ0v) is 8.57. The van der Waals surface area contributed by atoms with Gasteiger partial charge in [-0.15, -0.1) is 0 Å². The van der Waals surface area contributed by atoms with Gasteiger partial charge in [0.2, 0.25) is 0 Å². The second kappa shape index (κ2) is 3.74. The summed E-state index contributed by atoms with van der Waals surface area (Å²) in [4.78, 5) is 0. The lowest BCUT2D eigenvalue weighted by molar-refractivity contribution is 0.866. The van der Waals surface area contributed by atoms with Gasteiger partial charge in [-0.2, -0.15) is 10.2 Å². The first kappa shape index (κ1) is 9.13. The highest BCUT2D eigenvalue weighted by molar-refractivity contribution is 5.65. The van der Waals surface area contributed by atoms with E-state index in [0.717, 1.165) is 17.8 Å². The van der Waals surface area contributed by atoms with E-state index in [0.29, 0.717) is 5.92 Å². The zero-order chi connectivity index (χ0) is 9.97. The standard InChI is InChI=1S/C12H14N2/c1-9(2)10-3-5-11(6-4-10)12-7-8-13-14-12/h3-7,9H,8H2,1-2H3. The molecule has 0 atom stereocenters. The molecule has 0 radical (unpaired) electrons. The Balaban J connectivity index is 2.26. The van der Waals surface area contributed by atoms with Crippen LogP contribution in [0.4, 0.5) is 0 Å². The molecule has 0 aromatic heterocycles. The predicted octanol–water partition coefficient (Wildman–Crippen LogP) is 3.62. The van der Waals surface area contributed by atoms with Gasteiger partial charge in [0, 0.05) is 5.56 Å². The summed E-state index contributed by atoms with van der Waals surface area (Å²) in [5.74, 6) is 0.586. The number of hydrogen-bond acceptors (Lipinski definition) is 2. The van der Waals surface area contributed by atoms with E-state index in [-0.39, 0.29) is 0 Å². The summed E-state index contributed by atoms with van der Waals surface area (Å²) in [5, 5.41) is 8.00. The van der Waals surface area contributed by atoms with Crippen LogP contribution in [0.3, 0.4) is 0 Å². The van der Waals surface area contributed by atoms with Gasteiger partial charge in [-0.3, -0.25) is 0 Å². The summed E-state index contributed by atoms with van der Waals surface area (Å²) in [5.41, 5.74) is 3.53. The normalized spacial score (nSPS) is 14.9. The molecule has 0 N–H and O–H groups in total. The minimum absolute atomic E-state index is 0.586. The van der Waals surface area contributed by atoms with E-state index in [4.69, 9.17) is 0 Å². The maximum absolute atomic E-state index is 4.07. The first-order valence-corrected chi connectivity index (χ1v) is 4.95. The van der Waals surface area contributed by atoms with Crippen molar-refractivity contribution in [2.24, 2.45) is 10.2 Å². The van der Waals surface area contributed by atoms with Gasteiger partial charge in [0.05, 0.1) is 12.2 Å². The summed E-state index contributed by atoms with van der Waals surface area (Å²) >= 11 is 0. The van der Waals surface area contributed by atoms with Crippen LogP contribution in [0.25, 0.3) is 5.70 Å². The van der Waals surface area contributed by atoms with Crippen molar-refractivity contribution in [2.45, 2.75) is 19.8 Å². The monoisotopic (exact) mass is 186 g/mol. The van der Waals surface area contributed by atoms with E-state index in [9.17, 15) is 0 Å². The molecule has 0 spiro atoms. The van der Waals surface area contributed by atoms with Gasteiger partial charge in [0.1, 0.15) is 0 Å². The Morgan fingerprint density at radius 1 is 1.14 bits per heavy atom. The van der Waals surface area contributed by atoms with E-state index in [1.807, 2.05) is 6.08 Å². The molecule has 0 saturated heterocycles. The van der Waals surface area contributed by atoms with Gasteiger partial charge in [-0.25, -0.2) is 0 Å². The quantitative estimate of drug-likeness (QED) is 0.674. The predicted molar refractivity (Wildman–Crippen MR) is 58.2 cm³/mol. The highest BCUT2D eigenvalue weighted by atomic mass is 15.1. The molecular formula is C12H14N2. The van der Waals surface area contributed by atoms with Crippen molar-refractivity contribution in [1.29, 1.82) is 0 Å². The van der Waals surface area contributed by atoms with Gasteiger partial charge in [0.25, 0.3) is 0 Å². The van der Waals surface area contributed by atoms with Crippen molar-refractivity contribution in [2.75, 3.05) is 6.54 Å². The van der Waals surface area contributed by atoms with Crippen LogP contribution in [-0.4, -0.2) is 6.54 Å². The van der Waals surface area contributed by atoms with Crippen molar-refractivity contribution in [1.82, 2.24) is 0 Å². The van der Waals surface area contributed by atoms with Crippen molar-refractivity contribution >= 4 is 5.70 Å². The van der Waals surface area contributed by atoms with Crippen LogP contribution >= 0.6 is 0 Å². The SMILES string of the molecule is CC(C)c1ccc(C2=CCN=N2)cc1. The maximum atomic E-state index is 4.07. The van der Waals surface area contributed by atoms with E-state index in [1.54, 1.807) is 0 Å².